The van der Waals surface area contributed by atoms with Crippen LogP contribution in [-0.4, -0.2) is 30.1 Å². The fraction of sp³-hybridized carbons (Fsp3) is 0.417. The van der Waals surface area contributed by atoms with Gasteiger partial charge in [-0.25, -0.2) is 0 Å². The van der Waals surface area contributed by atoms with Crippen LogP contribution < -0.4 is 10.6 Å². The summed E-state index contributed by atoms with van der Waals surface area (Å²) < 4.78 is 0.737. The van der Waals surface area contributed by atoms with Gasteiger partial charge < -0.3 is 15.7 Å². The van der Waals surface area contributed by atoms with Gasteiger partial charge in [0.15, 0.2) is 0 Å². The molecule has 1 aromatic rings. The fourth-order valence-electron chi connectivity index (χ4n) is 1.29. The van der Waals surface area contributed by atoms with Crippen LogP contribution >= 0.6 is 22.6 Å². The van der Waals surface area contributed by atoms with E-state index in [1.165, 1.54) is 6.07 Å². The molecule has 1 amide bonds. The normalized spacial score (nSPS) is 10.6. The Morgan fingerprint density at radius 3 is 2.71 bits per heavy atom. The lowest BCUT2D eigenvalue weighted by molar-refractivity contribution is 0.0953. The molecule has 17 heavy (non-hydrogen) atoms. The molecule has 5 heteroatoms. The van der Waals surface area contributed by atoms with E-state index in [1.807, 2.05) is 22.6 Å². The first-order valence-electron chi connectivity index (χ1n) is 5.51. The highest BCUT2D eigenvalue weighted by Gasteiger charge is 2.07. The van der Waals surface area contributed by atoms with Crippen molar-refractivity contribution in [3.63, 3.8) is 0 Å². The van der Waals surface area contributed by atoms with Crippen LogP contribution in [0.15, 0.2) is 18.2 Å². The lowest BCUT2D eigenvalue weighted by Gasteiger charge is -2.09. The third-order valence-corrected chi connectivity index (χ3v) is 3.08. The average Bonchev–Trinajstić information content (AvgIpc) is 2.27. The Labute approximate surface area is 115 Å². The maximum atomic E-state index is 11.7. The van der Waals surface area contributed by atoms with E-state index in [4.69, 9.17) is 0 Å². The third-order valence-electron chi connectivity index (χ3n) is 2.17. The number of rotatable bonds is 5. The minimum Gasteiger partial charge on any atom is -0.507 e. The maximum absolute atomic E-state index is 11.7. The minimum atomic E-state index is -0.165. The van der Waals surface area contributed by atoms with Gasteiger partial charge in [0.1, 0.15) is 5.75 Å². The maximum Gasteiger partial charge on any atom is 0.251 e. The quantitative estimate of drug-likeness (QED) is 0.561. The summed E-state index contributed by atoms with van der Waals surface area (Å²) in [6, 6.07) is 5.31. The molecule has 1 rings (SSSR count). The molecule has 4 nitrogen and oxygen atoms in total. The van der Waals surface area contributed by atoms with Crippen LogP contribution in [0.25, 0.3) is 0 Å². The lowest BCUT2D eigenvalue weighted by Crippen LogP contribution is -2.34. The number of nitrogens with one attached hydrogen (secondary N) is 2. The van der Waals surface area contributed by atoms with Gasteiger partial charge in [-0.2, -0.15) is 0 Å². The molecule has 0 aliphatic rings. The van der Waals surface area contributed by atoms with Crippen LogP contribution in [0, 0.1) is 3.57 Å². The Bertz CT molecular complexity index is 394. The van der Waals surface area contributed by atoms with E-state index in [0.29, 0.717) is 18.2 Å². The largest absolute Gasteiger partial charge is 0.507 e. The molecule has 0 radical (unpaired) electrons. The molecule has 0 fully saturated rings. The SMILES string of the molecule is CC(C)NCCNC(=O)c1ccc(I)c(O)c1. The number of hydrogen-bond acceptors (Lipinski definition) is 3. The smallest absolute Gasteiger partial charge is 0.251 e. The van der Waals surface area contributed by atoms with E-state index >= 15 is 0 Å². The summed E-state index contributed by atoms with van der Waals surface area (Å²) >= 11 is 2.01. The van der Waals surface area contributed by atoms with Crippen molar-refractivity contribution in [3.8, 4) is 5.75 Å². The predicted octanol–water partition coefficient (Wildman–Crippen LogP) is 1.72. The second kappa shape index (κ2) is 6.80. The topological polar surface area (TPSA) is 61.4 Å². The molecule has 0 aliphatic heterocycles. The number of carbonyl (C=O) groups excluding carboxylic acids is 1. The molecule has 0 heterocycles. The van der Waals surface area contributed by atoms with E-state index < -0.39 is 0 Å². The molecule has 0 aromatic heterocycles. The van der Waals surface area contributed by atoms with Crippen LogP contribution in [0.3, 0.4) is 0 Å². The predicted molar refractivity (Wildman–Crippen MR) is 76.3 cm³/mol. The van der Waals surface area contributed by atoms with E-state index in [0.717, 1.165) is 10.1 Å². The Morgan fingerprint density at radius 1 is 1.41 bits per heavy atom. The Morgan fingerprint density at radius 2 is 2.12 bits per heavy atom. The summed E-state index contributed by atoms with van der Waals surface area (Å²) in [7, 11) is 0. The van der Waals surface area contributed by atoms with Crippen molar-refractivity contribution in [1.82, 2.24) is 10.6 Å². The number of amides is 1. The molecule has 0 spiro atoms. The highest BCUT2D eigenvalue weighted by atomic mass is 127. The zero-order valence-electron chi connectivity index (χ0n) is 9.96. The second-order valence-corrected chi connectivity index (χ2v) is 5.19. The molecule has 0 saturated heterocycles. The number of halogens is 1. The van der Waals surface area contributed by atoms with Gasteiger partial charge in [-0.3, -0.25) is 4.79 Å². The Hall–Kier alpha value is -0.820. The van der Waals surface area contributed by atoms with E-state index in [-0.39, 0.29) is 11.7 Å². The first-order valence-corrected chi connectivity index (χ1v) is 6.58. The zero-order chi connectivity index (χ0) is 12.8. The van der Waals surface area contributed by atoms with Crippen molar-refractivity contribution in [2.75, 3.05) is 13.1 Å². The summed E-state index contributed by atoms with van der Waals surface area (Å²) in [5.74, 6) is -0.0270. The molecular formula is C12H17IN2O2. The number of phenolic OH excluding ortho intramolecular Hbond substituents is 1. The van der Waals surface area contributed by atoms with Crippen molar-refractivity contribution in [3.05, 3.63) is 27.3 Å². The summed E-state index contributed by atoms with van der Waals surface area (Å²) in [4.78, 5) is 11.7. The molecular weight excluding hydrogens is 331 g/mol. The van der Waals surface area contributed by atoms with Gasteiger partial charge in [-0.15, -0.1) is 0 Å². The average molecular weight is 348 g/mol. The number of hydrogen-bond donors (Lipinski definition) is 3. The van der Waals surface area contributed by atoms with Gasteiger partial charge in [0.25, 0.3) is 5.91 Å². The monoisotopic (exact) mass is 348 g/mol. The first-order chi connectivity index (χ1) is 8.00. The number of benzene rings is 1. The number of aromatic hydroxyl groups is 1. The highest BCUT2D eigenvalue weighted by Crippen LogP contribution is 2.20. The molecule has 3 N–H and O–H groups in total. The summed E-state index contributed by atoms with van der Waals surface area (Å²) in [6.45, 7) is 5.42. The van der Waals surface area contributed by atoms with Gasteiger partial charge in [-0.1, -0.05) is 13.8 Å². The van der Waals surface area contributed by atoms with Crippen LogP contribution in [0.4, 0.5) is 0 Å². The van der Waals surface area contributed by atoms with Crippen molar-refractivity contribution < 1.29 is 9.90 Å². The Kier molecular flexibility index (Phi) is 5.70. The summed E-state index contributed by atoms with van der Waals surface area (Å²) in [6.07, 6.45) is 0. The molecule has 0 bridgehead atoms. The van der Waals surface area contributed by atoms with Crippen molar-refractivity contribution >= 4 is 28.5 Å². The van der Waals surface area contributed by atoms with Crippen LogP contribution in [-0.2, 0) is 0 Å². The van der Waals surface area contributed by atoms with Crippen molar-refractivity contribution in [2.24, 2.45) is 0 Å². The van der Waals surface area contributed by atoms with Gasteiger partial charge in [0.2, 0.25) is 0 Å². The third kappa shape index (κ3) is 4.91. The van der Waals surface area contributed by atoms with Crippen LogP contribution in [0.5, 0.6) is 5.75 Å². The van der Waals surface area contributed by atoms with Gasteiger partial charge in [0, 0.05) is 24.7 Å². The molecule has 0 unspecified atom stereocenters. The Balaban J connectivity index is 2.44. The molecule has 94 valence electrons. The second-order valence-electron chi connectivity index (χ2n) is 4.03. The van der Waals surface area contributed by atoms with Crippen LogP contribution in [0.1, 0.15) is 24.2 Å². The van der Waals surface area contributed by atoms with E-state index in [2.05, 4.69) is 24.5 Å². The minimum absolute atomic E-state index is 0.138. The summed E-state index contributed by atoms with van der Waals surface area (Å²) in [5.41, 5.74) is 0.479. The van der Waals surface area contributed by atoms with Crippen molar-refractivity contribution in [1.29, 1.82) is 0 Å². The van der Waals surface area contributed by atoms with Crippen LogP contribution in [0.2, 0.25) is 0 Å². The first kappa shape index (κ1) is 14.2. The van der Waals surface area contributed by atoms with Gasteiger partial charge >= 0.3 is 0 Å². The number of phenols is 1. The number of carbonyl (C=O) groups is 1. The fourth-order valence-corrected chi connectivity index (χ4v) is 1.63. The molecule has 1 aromatic carbocycles. The molecule has 0 aliphatic carbocycles. The molecule has 0 saturated carbocycles. The van der Waals surface area contributed by atoms with Gasteiger partial charge in [-0.05, 0) is 40.8 Å². The van der Waals surface area contributed by atoms with Gasteiger partial charge in [0.05, 0.1) is 3.57 Å². The van der Waals surface area contributed by atoms with E-state index in [9.17, 15) is 9.90 Å². The van der Waals surface area contributed by atoms with Crippen molar-refractivity contribution in [2.45, 2.75) is 19.9 Å². The zero-order valence-corrected chi connectivity index (χ0v) is 12.1. The van der Waals surface area contributed by atoms with E-state index in [1.54, 1.807) is 12.1 Å². The highest BCUT2D eigenvalue weighted by molar-refractivity contribution is 14.1. The molecule has 0 atom stereocenters. The summed E-state index contributed by atoms with van der Waals surface area (Å²) in [5, 5.41) is 15.5. The standard InChI is InChI=1S/C12H17IN2O2/c1-8(2)14-5-6-15-12(17)9-3-4-10(13)11(16)7-9/h3-4,7-8,14,16H,5-6H2,1-2H3,(H,15,17). The lowest BCUT2D eigenvalue weighted by atomic mass is 10.2.